The van der Waals surface area contributed by atoms with Gasteiger partial charge in [0, 0.05) is 13.1 Å². The highest BCUT2D eigenvalue weighted by atomic mass is 16.5. The number of nitrogens with zero attached hydrogens (tertiary/aromatic N) is 1. The van der Waals surface area contributed by atoms with Crippen molar-refractivity contribution in [2.24, 2.45) is 0 Å². The first kappa shape index (κ1) is 11.9. The van der Waals surface area contributed by atoms with Crippen molar-refractivity contribution in [3.05, 3.63) is 0 Å². The highest BCUT2D eigenvalue weighted by Gasteiger charge is 2.06. The zero-order valence-corrected chi connectivity index (χ0v) is 8.38. The van der Waals surface area contributed by atoms with E-state index < -0.39 is 5.60 Å². The molecule has 0 radical (unpaired) electrons. The third-order valence-corrected chi connectivity index (χ3v) is 1.95. The summed E-state index contributed by atoms with van der Waals surface area (Å²) in [4.78, 5) is 0. The second-order valence-corrected chi connectivity index (χ2v) is 3.83. The molecule has 0 aromatic rings. The van der Waals surface area contributed by atoms with Crippen molar-refractivity contribution in [1.82, 2.24) is 5.06 Å². The highest BCUT2D eigenvalue weighted by molar-refractivity contribution is 4.59. The van der Waals surface area contributed by atoms with E-state index in [1.165, 1.54) is 5.06 Å². The SMILES string of the molecule is CCC(C)(C)O.ON1CCCC1. The number of aliphatic hydroxyl groups is 1. The predicted octanol–water partition coefficient (Wildman–Crippen LogP) is 1.64. The first-order valence-electron chi connectivity index (χ1n) is 4.62. The van der Waals surface area contributed by atoms with Gasteiger partial charge in [-0.2, -0.15) is 5.06 Å². The van der Waals surface area contributed by atoms with Crippen LogP contribution in [0.5, 0.6) is 0 Å². The Morgan fingerprint density at radius 3 is 1.67 bits per heavy atom. The molecular weight excluding hydrogens is 154 g/mol. The van der Waals surface area contributed by atoms with Crippen LogP contribution in [0.2, 0.25) is 0 Å². The Balaban J connectivity index is 0.000000202. The maximum absolute atomic E-state index is 8.83. The van der Waals surface area contributed by atoms with Crippen LogP contribution in [0.25, 0.3) is 0 Å². The minimum Gasteiger partial charge on any atom is -0.390 e. The minimum absolute atomic E-state index is 0.458. The minimum atomic E-state index is -0.458. The second-order valence-electron chi connectivity index (χ2n) is 3.83. The zero-order valence-electron chi connectivity index (χ0n) is 8.38. The number of hydrogen-bond acceptors (Lipinski definition) is 3. The molecule has 0 bridgehead atoms. The molecular formula is C9H21NO2. The fourth-order valence-corrected chi connectivity index (χ4v) is 0.700. The van der Waals surface area contributed by atoms with E-state index in [0.717, 1.165) is 32.4 Å². The molecule has 74 valence electrons. The fraction of sp³-hybridized carbons (Fsp3) is 1.00. The Morgan fingerprint density at radius 1 is 1.25 bits per heavy atom. The largest absolute Gasteiger partial charge is 0.390 e. The topological polar surface area (TPSA) is 43.7 Å². The lowest BCUT2D eigenvalue weighted by atomic mass is 10.1. The van der Waals surface area contributed by atoms with Crippen molar-refractivity contribution in [2.75, 3.05) is 13.1 Å². The molecule has 1 aliphatic rings. The fourth-order valence-electron chi connectivity index (χ4n) is 0.700. The molecule has 0 spiro atoms. The lowest BCUT2D eigenvalue weighted by molar-refractivity contribution is -0.0678. The van der Waals surface area contributed by atoms with Gasteiger partial charge in [0.1, 0.15) is 0 Å². The summed E-state index contributed by atoms with van der Waals surface area (Å²) in [6, 6.07) is 0. The van der Waals surface area contributed by atoms with Crippen molar-refractivity contribution < 1.29 is 10.3 Å². The molecule has 1 heterocycles. The van der Waals surface area contributed by atoms with Crippen LogP contribution in [0.15, 0.2) is 0 Å². The molecule has 0 aromatic carbocycles. The molecule has 1 fully saturated rings. The van der Waals surface area contributed by atoms with Gasteiger partial charge in [-0.25, -0.2) is 0 Å². The van der Waals surface area contributed by atoms with Crippen LogP contribution in [0.4, 0.5) is 0 Å². The maximum atomic E-state index is 8.83. The molecule has 12 heavy (non-hydrogen) atoms. The van der Waals surface area contributed by atoms with Crippen molar-refractivity contribution in [1.29, 1.82) is 0 Å². The van der Waals surface area contributed by atoms with Crippen molar-refractivity contribution in [2.45, 2.75) is 45.6 Å². The number of hydroxylamine groups is 2. The van der Waals surface area contributed by atoms with Crippen LogP contribution in [-0.4, -0.2) is 34.1 Å². The van der Waals surface area contributed by atoms with Gasteiger partial charge in [-0.1, -0.05) is 6.92 Å². The Labute approximate surface area is 75.0 Å². The monoisotopic (exact) mass is 175 g/mol. The van der Waals surface area contributed by atoms with E-state index in [1.54, 1.807) is 13.8 Å². The van der Waals surface area contributed by atoms with Gasteiger partial charge in [-0.3, -0.25) is 0 Å². The second kappa shape index (κ2) is 5.51. The summed E-state index contributed by atoms with van der Waals surface area (Å²) in [5, 5.41) is 18.8. The summed E-state index contributed by atoms with van der Waals surface area (Å²) in [5.41, 5.74) is -0.458. The molecule has 0 amide bonds. The van der Waals surface area contributed by atoms with Crippen LogP contribution in [-0.2, 0) is 0 Å². The molecule has 2 N–H and O–H groups in total. The van der Waals surface area contributed by atoms with Gasteiger partial charge in [0.05, 0.1) is 5.60 Å². The maximum Gasteiger partial charge on any atom is 0.0589 e. The van der Waals surface area contributed by atoms with Gasteiger partial charge in [0.25, 0.3) is 0 Å². The van der Waals surface area contributed by atoms with E-state index in [2.05, 4.69) is 0 Å². The Morgan fingerprint density at radius 2 is 1.58 bits per heavy atom. The smallest absolute Gasteiger partial charge is 0.0589 e. The molecule has 0 unspecified atom stereocenters. The summed E-state index contributed by atoms with van der Waals surface area (Å²) in [5.74, 6) is 0. The summed E-state index contributed by atoms with van der Waals surface area (Å²) < 4.78 is 0. The van der Waals surface area contributed by atoms with Crippen LogP contribution >= 0.6 is 0 Å². The van der Waals surface area contributed by atoms with E-state index in [1.807, 2.05) is 6.92 Å². The summed E-state index contributed by atoms with van der Waals surface area (Å²) in [6.45, 7) is 7.31. The van der Waals surface area contributed by atoms with Crippen molar-refractivity contribution in [3.8, 4) is 0 Å². The van der Waals surface area contributed by atoms with Crippen molar-refractivity contribution >= 4 is 0 Å². The highest BCUT2D eigenvalue weighted by Crippen LogP contribution is 2.03. The third kappa shape index (κ3) is 7.98. The molecule has 1 aliphatic heterocycles. The molecule has 0 aromatic heterocycles. The molecule has 0 saturated carbocycles. The number of rotatable bonds is 1. The first-order chi connectivity index (χ1) is 5.45. The van der Waals surface area contributed by atoms with Gasteiger partial charge in [-0.15, -0.1) is 0 Å². The van der Waals surface area contributed by atoms with Crippen LogP contribution in [0.1, 0.15) is 40.0 Å². The molecule has 3 heteroatoms. The summed E-state index contributed by atoms with van der Waals surface area (Å²) >= 11 is 0. The van der Waals surface area contributed by atoms with Gasteiger partial charge in [0.15, 0.2) is 0 Å². The van der Waals surface area contributed by atoms with E-state index in [-0.39, 0.29) is 0 Å². The van der Waals surface area contributed by atoms with Gasteiger partial charge in [0.2, 0.25) is 0 Å². The quantitative estimate of drug-likeness (QED) is 0.636. The lowest BCUT2D eigenvalue weighted by Gasteiger charge is -2.11. The average Bonchev–Trinajstić information content (AvgIpc) is 2.39. The standard InChI is InChI=1S/C5H12O.C4H9NO/c1-4-5(2,3)6;6-5-3-1-2-4-5/h6H,4H2,1-3H3;6H,1-4H2. The van der Waals surface area contributed by atoms with Gasteiger partial charge in [-0.05, 0) is 33.1 Å². The summed E-state index contributed by atoms with van der Waals surface area (Å²) in [6.07, 6.45) is 3.15. The molecule has 1 rings (SSSR count). The lowest BCUT2D eigenvalue weighted by Crippen LogP contribution is -2.15. The molecule has 0 aliphatic carbocycles. The Bertz CT molecular complexity index is 104. The van der Waals surface area contributed by atoms with Crippen molar-refractivity contribution in [3.63, 3.8) is 0 Å². The van der Waals surface area contributed by atoms with E-state index in [4.69, 9.17) is 10.3 Å². The van der Waals surface area contributed by atoms with E-state index in [9.17, 15) is 0 Å². The van der Waals surface area contributed by atoms with Crippen LogP contribution < -0.4 is 0 Å². The average molecular weight is 175 g/mol. The molecule has 1 saturated heterocycles. The van der Waals surface area contributed by atoms with Gasteiger partial charge < -0.3 is 10.3 Å². The number of hydrogen-bond donors (Lipinski definition) is 2. The van der Waals surface area contributed by atoms with Gasteiger partial charge >= 0.3 is 0 Å². The van der Waals surface area contributed by atoms with E-state index >= 15 is 0 Å². The predicted molar refractivity (Wildman–Crippen MR) is 49.2 cm³/mol. The molecule has 0 atom stereocenters. The Kier molecular flexibility index (Phi) is 5.46. The molecule has 3 nitrogen and oxygen atoms in total. The van der Waals surface area contributed by atoms with Crippen LogP contribution in [0.3, 0.4) is 0 Å². The Hall–Kier alpha value is -0.120. The summed E-state index contributed by atoms with van der Waals surface area (Å²) in [7, 11) is 0. The normalized spacial score (nSPS) is 18.8. The first-order valence-corrected chi connectivity index (χ1v) is 4.62. The zero-order chi connectivity index (χ0) is 9.61. The van der Waals surface area contributed by atoms with E-state index in [0.29, 0.717) is 0 Å². The third-order valence-electron chi connectivity index (χ3n) is 1.95. The van der Waals surface area contributed by atoms with Crippen LogP contribution in [0, 0.1) is 0 Å².